The molecule has 2 aromatic heterocycles. The van der Waals surface area contributed by atoms with Crippen LogP contribution in [0.15, 0.2) is 64.4 Å². The summed E-state index contributed by atoms with van der Waals surface area (Å²) in [5.74, 6) is 0.398. The summed E-state index contributed by atoms with van der Waals surface area (Å²) in [5, 5.41) is 4.03. The highest BCUT2D eigenvalue weighted by atomic mass is 32.2. The Balaban J connectivity index is 1.60. The number of aryl methyl sites for hydroxylation is 1. The molecule has 0 bridgehead atoms. The second kappa shape index (κ2) is 8.39. The van der Waals surface area contributed by atoms with Gasteiger partial charge in [0.25, 0.3) is 5.56 Å². The summed E-state index contributed by atoms with van der Waals surface area (Å²) >= 11 is 1.35. The molecule has 1 N–H and O–H groups in total. The van der Waals surface area contributed by atoms with Gasteiger partial charge in [-0.15, -0.1) is 0 Å². The van der Waals surface area contributed by atoms with Gasteiger partial charge in [-0.2, -0.15) is 0 Å². The zero-order valence-corrected chi connectivity index (χ0v) is 18.6. The van der Waals surface area contributed by atoms with E-state index in [1.165, 1.54) is 11.8 Å². The minimum atomic E-state index is -0.457. The van der Waals surface area contributed by atoms with Gasteiger partial charge in [0, 0.05) is 12.4 Å². The number of carbonyl (C=O) groups is 1. The fourth-order valence-electron chi connectivity index (χ4n) is 3.41. The lowest BCUT2D eigenvalue weighted by Crippen LogP contribution is -2.27. The third kappa shape index (κ3) is 3.98. The van der Waals surface area contributed by atoms with E-state index in [2.05, 4.69) is 15.3 Å². The molecule has 0 fully saturated rings. The molecular weight excluding hydrogens is 410 g/mol. The maximum atomic E-state index is 13.0. The summed E-state index contributed by atoms with van der Waals surface area (Å²) in [6.45, 7) is 5.45. The molecular formula is C23H23N5O2S. The normalized spacial score (nSPS) is 12.1. The van der Waals surface area contributed by atoms with E-state index in [0.29, 0.717) is 11.5 Å². The average Bonchev–Trinajstić information content (AvgIpc) is 2.97. The van der Waals surface area contributed by atoms with Crippen LogP contribution in [0.4, 0.5) is 5.69 Å². The monoisotopic (exact) mass is 433 g/mol. The minimum absolute atomic E-state index is 0.253. The smallest absolute Gasteiger partial charge is 0.295 e. The SMILES string of the molecule is Cc1nc(S[C@@H](C)C(=O)Nc2c(C)n(C)n(-c3ccccc3)c2=O)c2ccccc2n1. The van der Waals surface area contributed by atoms with Crippen LogP contribution in [0.3, 0.4) is 0 Å². The third-order valence-corrected chi connectivity index (χ3v) is 6.24. The molecule has 158 valence electrons. The standard InChI is InChI=1S/C23H23N5O2S/c1-14-20(23(30)28(27(14)4)17-10-6-5-7-11-17)26-21(29)15(2)31-22-18-12-8-9-13-19(18)24-16(3)25-22/h5-13,15H,1-4H3,(H,26,29)/t15-/m0/s1. The van der Waals surface area contributed by atoms with Crippen LogP contribution in [0.1, 0.15) is 18.4 Å². The van der Waals surface area contributed by atoms with Crippen LogP contribution in [0.25, 0.3) is 16.6 Å². The van der Waals surface area contributed by atoms with Crippen LogP contribution < -0.4 is 10.9 Å². The summed E-state index contributed by atoms with van der Waals surface area (Å²) < 4.78 is 3.29. The molecule has 7 nitrogen and oxygen atoms in total. The second-order valence-corrected chi connectivity index (χ2v) is 8.61. The predicted octanol–water partition coefficient (Wildman–Crippen LogP) is 3.86. The van der Waals surface area contributed by atoms with Crippen LogP contribution in [0.5, 0.6) is 0 Å². The predicted molar refractivity (Wildman–Crippen MR) is 124 cm³/mol. The Labute approximate surface area is 184 Å². The first-order valence-corrected chi connectivity index (χ1v) is 10.8. The molecule has 8 heteroatoms. The molecule has 0 unspecified atom stereocenters. The highest BCUT2D eigenvalue weighted by molar-refractivity contribution is 8.00. The van der Waals surface area contributed by atoms with Gasteiger partial charge in [0.05, 0.1) is 22.1 Å². The van der Waals surface area contributed by atoms with E-state index in [0.717, 1.165) is 21.6 Å². The van der Waals surface area contributed by atoms with Crippen LogP contribution in [0.2, 0.25) is 0 Å². The number of amides is 1. The lowest BCUT2D eigenvalue weighted by molar-refractivity contribution is -0.115. The van der Waals surface area contributed by atoms with Gasteiger partial charge >= 0.3 is 0 Å². The van der Waals surface area contributed by atoms with Gasteiger partial charge in [0.15, 0.2) is 0 Å². The van der Waals surface area contributed by atoms with Crippen molar-refractivity contribution in [3.63, 3.8) is 0 Å². The Morgan fingerprint density at radius 1 is 1.03 bits per heavy atom. The Morgan fingerprint density at radius 2 is 1.71 bits per heavy atom. The lowest BCUT2D eigenvalue weighted by atomic mass is 10.2. The van der Waals surface area contributed by atoms with E-state index >= 15 is 0 Å². The van der Waals surface area contributed by atoms with Crippen LogP contribution in [-0.2, 0) is 11.8 Å². The second-order valence-electron chi connectivity index (χ2n) is 7.28. The van der Waals surface area contributed by atoms with Gasteiger partial charge in [-0.1, -0.05) is 48.2 Å². The number of fused-ring (bicyclic) bond motifs is 1. The molecule has 2 aromatic carbocycles. The molecule has 31 heavy (non-hydrogen) atoms. The van der Waals surface area contributed by atoms with Gasteiger partial charge in [0.1, 0.15) is 16.5 Å². The molecule has 1 atom stereocenters. The van der Waals surface area contributed by atoms with E-state index in [4.69, 9.17) is 0 Å². The van der Waals surface area contributed by atoms with Crippen molar-refractivity contribution in [2.75, 3.05) is 5.32 Å². The first-order valence-electron chi connectivity index (χ1n) is 9.91. The molecule has 4 rings (SSSR count). The van der Waals surface area contributed by atoms with Crippen molar-refractivity contribution in [3.8, 4) is 5.69 Å². The number of benzene rings is 2. The van der Waals surface area contributed by atoms with Gasteiger partial charge < -0.3 is 5.32 Å². The zero-order valence-electron chi connectivity index (χ0n) is 17.8. The Morgan fingerprint density at radius 3 is 2.45 bits per heavy atom. The fraction of sp³-hybridized carbons (Fsp3) is 0.217. The quantitative estimate of drug-likeness (QED) is 0.382. The van der Waals surface area contributed by atoms with Crippen molar-refractivity contribution in [3.05, 3.63) is 76.5 Å². The van der Waals surface area contributed by atoms with Gasteiger partial charge in [-0.05, 0) is 39.0 Å². The third-order valence-electron chi connectivity index (χ3n) is 5.14. The van der Waals surface area contributed by atoms with Crippen molar-refractivity contribution in [1.29, 1.82) is 0 Å². The fourth-order valence-corrected chi connectivity index (χ4v) is 4.39. The van der Waals surface area contributed by atoms with Crippen molar-refractivity contribution in [2.45, 2.75) is 31.0 Å². The van der Waals surface area contributed by atoms with E-state index in [-0.39, 0.29) is 17.2 Å². The summed E-state index contributed by atoms with van der Waals surface area (Å²) in [6.07, 6.45) is 0. The number of anilines is 1. The first kappa shape index (κ1) is 20.9. The molecule has 0 radical (unpaired) electrons. The molecule has 0 aliphatic heterocycles. The summed E-state index contributed by atoms with van der Waals surface area (Å²) in [5.41, 5.74) is 2.29. The first-order chi connectivity index (χ1) is 14.9. The number of para-hydroxylation sites is 2. The maximum Gasteiger partial charge on any atom is 0.295 e. The van der Waals surface area contributed by atoms with Crippen molar-refractivity contribution in [1.82, 2.24) is 19.3 Å². The maximum absolute atomic E-state index is 13.0. The molecule has 4 aromatic rings. The molecule has 2 heterocycles. The molecule has 0 aliphatic rings. The largest absolute Gasteiger partial charge is 0.319 e. The molecule has 1 amide bonds. The number of nitrogens with one attached hydrogen (secondary N) is 1. The number of thioether (sulfide) groups is 1. The topological polar surface area (TPSA) is 81.8 Å². The van der Waals surface area contributed by atoms with Crippen LogP contribution in [-0.4, -0.2) is 30.5 Å². The van der Waals surface area contributed by atoms with E-state index in [1.807, 2.05) is 68.4 Å². The number of carbonyl (C=O) groups excluding carboxylic acids is 1. The Hall–Kier alpha value is -3.39. The Bertz CT molecular complexity index is 1330. The summed E-state index contributed by atoms with van der Waals surface area (Å²) in [7, 11) is 1.80. The summed E-state index contributed by atoms with van der Waals surface area (Å²) in [6, 6.07) is 17.1. The van der Waals surface area contributed by atoms with Crippen molar-refractivity contribution in [2.24, 2.45) is 7.05 Å². The van der Waals surface area contributed by atoms with E-state index in [9.17, 15) is 9.59 Å². The van der Waals surface area contributed by atoms with E-state index in [1.54, 1.807) is 23.3 Å². The Kier molecular flexibility index (Phi) is 5.65. The summed E-state index contributed by atoms with van der Waals surface area (Å²) in [4.78, 5) is 35.0. The molecule has 0 aliphatic carbocycles. The molecule has 0 saturated carbocycles. The van der Waals surface area contributed by atoms with Gasteiger partial charge in [0.2, 0.25) is 5.91 Å². The average molecular weight is 434 g/mol. The number of hydrogen-bond donors (Lipinski definition) is 1. The van der Waals surface area contributed by atoms with Crippen molar-refractivity contribution >= 4 is 34.3 Å². The highest BCUT2D eigenvalue weighted by Gasteiger charge is 2.22. The van der Waals surface area contributed by atoms with Gasteiger partial charge in [-0.25, -0.2) is 14.6 Å². The van der Waals surface area contributed by atoms with Crippen LogP contribution >= 0.6 is 11.8 Å². The number of hydrogen-bond acceptors (Lipinski definition) is 5. The number of nitrogens with zero attached hydrogens (tertiary/aromatic N) is 4. The zero-order chi connectivity index (χ0) is 22.1. The molecule has 0 saturated heterocycles. The number of rotatable bonds is 5. The minimum Gasteiger partial charge on any atom is -0.319 e. The highest BCUT2D eigenvalue weighted by Crippen LogP contribution is 2.29. The number of aromatic nitrogens is 4. The lowest BCUT2D eigenvalue weighted by Gasteiger charge is -2.12. The van der Waals surface area contributed by atoms with Crippen molar-refractivity contribution < 1.29 is 4.79 Å². The van der Waals surface area contributed by atoms with E-state index < -0.39 is 5.25 Å². The molecule has 0 spiro atoms. The van der Waals surface area contributed by atoms with Gasteiger partial charge in [-0.3, -0.25) is 14.3 Å². The van der Waals surface area contributed by atoms with Crippen LogP contribution in [0, 0.1) is 13.8 Å².